The van der Waals surface area contributed by atoms with Gasteiger partial charge in [-0.3, -0.25) is 0 Å². The Hall–Kier alpha value is -0.830. The van der Waals surface area contributed by atoms with Gasteiger partial charge in [0.2, 0.25) is 0 Å². The first-order valence-corrected chi connectivity index (χ1v) is 4.70. The van der Waals surface area contributed by atoms with E-state index in [0.29, 0.717) is 12.3 Å². The Morgan fingerprint density at radius 2 is 2.08 bits per heavy atom. The molecule has 1 rings (SSSR count). The summed E-state index contributed by atoms with van der Waals surface area (Å²) in [5.74, 6) is 1.54. The van der Waals surface area contributed by atoms with Gasteiger partial charge in [0, 0.05) is 31.7 Å². The van der Waals surface area contributed by atoms with Crippen LogP contribution >= 0.6 is 0 Å². The van der Waals surface area contributed by atoms with Gasteiger partial charge < -0.3 is 9.67 Å². The Bertz CT molecular complexity index is 289. The second kappa shape index (κ2) is 3.92. The van der Waals surface area contributed by atoms with Crippen LogP contribution in [0.4, 0.5) is 0 Å². The molecular weight excluding hydrogens is 164 g/mol. The third-order valence-corrected chi connectivity index (χ3v) is 2.38. The minimum atomic E-state index is 0.176. The Labute approximate surface area is 79.4 Å². The molecule has 74 valence electrons. The molecule has 0 aromatic carbocycles. The van der Waals surface area contributed by atoms with Crippen LogP contribution in [-0.2, 0) is 13.5 Å². The number of hydrogen-bond donors (Lipinski definition) is 1. The van der Waals surface area contributed by atoms with Crippen molar-refractivity contribution >= 4 is 0 Å². The zero-order chi connectivity index (χ0) is 10.0. The summed E-state index contributed by atoms with van der Waals surface area (Å²) in [6.07, 6.45) is 0.659. The van der Waals surface area contributed by atoms with Gasteiger partial charge in [-0.1, -0.05) is 13.8 Å². The molecule has 0 radical (unpaired) electrons. The van der Waals surface area contributed by atoms with Crippen LogP contribution in [0, 0.1) is 6.92 Å². The van der Waals surface area contributed by atoms with Crippen LogP contribution in [-0.4, -0.2) is 21.3 Å². The normalized spacial score (nSPS) is 11.2. The fraction of sp³-hybridized carbons (Fsp3) is 0.700. The lowest BCUT2D eigenvalue weighted by Gasteiger charge is -2.04. The first kappa shape index (κ1) is 10.3. The molecule has 0 aliphatic rings. The summed E-state index contributed by atoms with van der Waals surface area (Å²) in [5.41, 5.74) is 2.19. The van der Waals surface area contributed by atoms with E-state index in [0.717, 1.165) is 17.2 Å². The van der Waals surface area contributed by atoms with Crippen molar-refractivity contribution in [3.8, 4) is 0 Å². The fourth-order valence-corrected chi connectivity index (χ4v) is 1.52. The Balaban J connectivity index is 3.05. The van der Waals surface area contributed by atoms with Gasteiger partial charge in [0.25, 0.3) is 0 Å². The van der Waals surface area contributed by atoms with Crippen molar-refractivity contribution in [2.24, 2.45) is 7.05 Å². The van der Waals surface area contributed by atoms with E-state index in [1.54, 1.807) is 0 Å². The average molecular weight is 182 g/mol. The first-order chi connectivity index (χ1) is 6.07. The lowest BCUT2D eigenvalue weighted by Crippen LogP contribution is -2.00. The van der Waals surface area contributed by atoms with E-state index in [1.165, 1.54) is 0 Å². The van der Waals surface area contributed by atoms with E-state index in [-0.39, 0.29) is 6.61 Å². The zero-order valence-electron chi connectivity index (χ0n) is 8.83. The van der Waals surface area contributed by atoms with Crippen LogP contribution < -0.4 is 0 Å². The quantitative estimate of drug-likeness (QED) is 0.767. The molecule has 0 spiro atoms. The molecule has 1 aromatic heterocycles. The van der Waals surface area contributed by atoms with Gasteiger partial charge in [0.1, 0.15) is 5.82 Å². The van der Waals surface area contributed by atoms with Crippen LogP contribution in [0.1, 0.15) is 37.0 Å². The molecular formula is C10H18N2O. The molecule has 1 N–H and O–H groups in total. The minimum Gasteiger partial charge on any atom is -0.396 e. The summed E-state index contributed by atoms with van der Waals surface area (Å²) in [6, 6.07) is 0. The molecule has 0 fully saturated rings. The van der Waals surface area contributed by atoms with E-state index in [9.17, 15) is 0 Å². The van der Waals surface area contributed by atoms with Crippen molar-refractivity contribution in [2.45, 2.75) is 33.1 Å². The molecule has 3 heteroatoms. The van der Waals surface area contributed by atoms with E-state index >= 15 is 0 Å². The number of aromatic nitrogens is 2. The average Bonchev–Trinajstić information content (AvgIpc) is 2.33. The largest absolute Gasteiger partial charge is 0.396 e. The molecule has 0 atom stereocenters. The van der Waals surface area contributed by atoms with Gasteiger partial charge in [-0.2, -0.15) is 0 Å². The summed E-state index contributed by atoms with van der Waals surface area (Å²) in [4.78, 5) is 4.50. The predicted octanol–water partition coefficient (Wildman–Crippen LogP) is 1.39. The standard InChI is InChI=1S/C10H18N2O/c1-7(2)10-11-9(5-6-13)8(3)12(10)4/h7,13H,5-6H2,1-4H3. The summed E-state index contributed by atoms with van der Waals surface area (Å²) in [6.45, 7) is 6.48. The maximum atomic E-state index is 8.83. The molecule has 0 saturated carbocycles. The first-order valence-electron chi connectivity index (χ1n) is 4.70. The number of aliphatic hydroxyl groups is 1. The maximum Gasteiger partial charge on any atom is 0.111 e. The van der Waals surface area contributed by atoms with Gasteiger partial charge in [0.15, 0.2) is 0 Å². The van der Waals surface area contributed by atoms with E-state index in [4.69, 9.17) is 5.11 Å². The van der Waals surface area contributed by atoms with Gasteiger partial charge in [-0.05, 0) is 6.92 Å². The van der Waals surface area contributed by atoms with Crippen LogP contribution in [0.25, 0.3) is 0 Å². The van der Waals surface area contributed by atoms with Gasteiger partial charge in [-0.25, -0.2) is 4.98 Å². The molecule has 3 nitrogen and oxygen atoms in total. The van der Waals surface area contributed by atoms with E-state index in [1.807, 2.05) is 14.0 Å². The summed E-state index contributed by atoms with van der Waals surface area (Å²) >= 11 is 0. The molecule has 0 amide bonds. The summed E-state index contributed by atoms with van der Waals surface area (Å²) < 4.78 is 2.11. The SMILES string of the molecule is Cc1c(CCO)nc(C(C)C)n1C. The number of rotatable bonds is 3. The van der Waals surface area contributed by atoms with E-state index in [2.05, 4.69) is 23.4 Å². The lowest BCUT2D eigenvalue weighted by molar-refractivity contribution is 0.298. The van der Waals surface area contributed by atoms with Crippen molar-refractivity contribution in [1.29, 1.82) is 0 Å². The molecule has 0 aliphatic heterocycles. The van der Waals surface area contributed by atoms with Gasteiger partial charge in [0.05, 0.1) is 5.69 Å². The molecule has 0 bridgehead atoms. The van der Waals surface area contributed by atoms with Crippen molar-refractivity contribution in [3.05, 3.63) is 17.2 Å². The van der Waals surface area contributed by atoms with Crippen LogP contribution in [0.5, 0.6) is 0 Å². The second-order valence-electron chi connectivity index (χ2n) is 3.69. The summed E-state index contributed by atoms with van der Waals surface area (Å²) in [5, 5.41) is 8.83. The number of nitrogens with zero attached hydrogens (tertiary/aromatic N) is 2. The molecule has 13 heavy (non-hydrogen) atoms. The smallest absolute Gasteiger partial charge is 0.111 e. The van der Waals surface area contributed by atoms with Gasteiger partial charge in [-0.15, -0.1) is 0 Å². The highest BCUT2D eigenvalue weighted by Crippen LogP contribution is 2.17. The zero-order valence-corrected chi connectivity index (χ0v) is 8.83. The molecule has 1 aromatic rings. The number of imidazole rings is 1. The third-order valence-electron chi connectivity index (χ3n) is 2.38. The molecule has 0 unspecified atom stereocenters. The Morgan fingerprint density at radius 3 is 2.46 bits per heavy atom. The monoisotopic (exact) mass is 182 g/mol. The van der Waals surface area contributed by atoms with E-state index < -0.39 is 0 Å². The molecule has 0 aliphatic carbocycles. The molecule has 1 heterocycles. The van der Waals surface area contributed by atoms with Crippen LogP contribution in [0.3, 0.4) is 0 Å². The highest BCUT2D eigenvalue weighted by Gasteiger charge is 2.12. The highest BCUT2D eigenvalue weighted by atomic mass is 16.3. The van der Waals surface area contributed by atoms with Gasteiger partial charge >= 0.3 is 0 Å². The Kier molecular flexibility index (Phi) is 3.09. The van der Waals surface area contributed by atoms with Crippen molar-refractivity contribution in [3.63, 3.8) is 0 Å². The highest BCUT2D eigenvalue weighted by molar-refractivity contribution is 5.17. The predicted molar refractivity (Wildman–Crippen MR) is 52.8 cm³/mol. The van der Waals surface area contributed by atoms with Crippen LogP contribution in [0.2, 0.25) is 0 Å². The second-order valence-corrected chi connectivity index (χ2v) is 3.69. The van der Waals surface area contributed by atoms with Crippen molar-refractivity contribution in [2.75, 3.05) is 6.61 Å². The third kappa shape index (κ3) is 1.91. The summed E-state index contributed by atoms with van der Waals surface area (Å²) in [7, 11) is 2.03. The topological polar surface area (TPSA) is 38.1 Å². The van der Waals surface area contributed by atoms with Crippen molar-refractivity contribution in [1.82, 2.24) is 9.55 Å². The van der Waals surface area contributed by atoms with Crippen molar-refractivity contribution < 1.29 is 5.11 Å². The maximum absolute atomic E-state index is 8.83. The number of aliphatic hydroxyl groups excluding tert-OH is 1. The Morgan fingerprint density at radius 1 is 1.46 bits per heavy atom. The fourth-order valence-electron chi connectivity index (χ4n) is 1.52. The minimum absolute atomic E-state index is 0.176. The molecule has 0 saturated heterocycles. The van der Waals surface area contributed by atoms with Crippen LogP contribution in [0.15, 0.2) is 0 Å². The lowest BCUT2D eigenvalue weighted by atomic mass is 10.2. The number of hydrogen-bond acceptors (Lipinski definition) is 2.